The van der Waals surface area contributed by atoms with Gasteiger partial charge in [-0.1, -0.05) is 54.6 Å². The van der Waals surface area contributed by atoms with E-state index in [0.29, 0.717) is 6.54 Å². The van der Waals surface area contributed by atoms with E-state index in [2.05, 4.69) is 5.32 Å². The minimum Gasteiger partial charge on any atom is -0.395 e. The Morgan fingerprint density at radius 3 is 2.52 bits per heavy atom. The fourth-order valence-corrected chi connectivity index (χ4v) is 2.81. The Morgan fingerprint density at radius 2 is 1.76 bits per heavy atom. The molecule has 2 N–H and O–H groups in total. The molecule has 3 heteroatoms. The molecule has 0 fully saturated rings. The zero-order chi connectivity index (χ0) is 14.7. The van der Waals surface area contributed by atoms with Gasteiger partial charge in [0, 0.05) is 29.8 Å². The van der Waals surface area contributed by atoms with E-state index in [1.165, 1.54) is 0 Å². The highest BCUT2D eigenvalue weighted by molar-refractivity contribution is 6.14. The zero-order valence-electron chi connectivity index (χ0n) is 11.6. The Labute approximate surface area is 123 Å². The Hall–Kier alpha value is -2.39. The smallest absolute Gasteiger partial charge is 0.191 e. The second kappa shape index (κ2) is 5.94. The predicted molar refractivity (Wildman–Crippen MR) is 82.2 cm³/mol. The molecular formula is C18H17NO2. The number of benzene rings is 2. The van der Waals surface area contributed by atoms with Gasteiger partial charge in [0.15, 0.2) is 5.78 Å². The molecule has 2 aromatic carbocycles. The summed E-state index contributed by atoms with van der Waals surface area (Å²) in [5.41, 5.74) is 3.65. The minimum absolute atomic E-state index is 0.0407. The summed E-state index contributed by atoms with van der Waals surface area (Å²) < 4.78 is 0. The second-order valence-electron chi connectivity index (χ2n) is 5.04. The van der Waals surface area contributed by atoms with Crippen LogP contribution in [0.1, 0.15) is 27.4 Å². The second-order valence-corrected chi connectivity index (χ2v) is 5.04. The van der Waals surface area contributed by atoms with Crippen LogP contribution in [0, 0.1) is 0 Å². The van der Waals surface area contributed by atoms with Gasteiger partial charge in [-0.25, -0.2) is 0 Å². The molecule has 0 amide bonds. The first-order valence-corrected chi connectivity index (χ1v) is 7.06. The van der Waals surface area contributed by atoms with E-state index in [4.69, 9.17) is 5.11 Å². The molecule has 21 heavy (non-hydrogen) atoms. The van der Waals surface area contributed by atoms with Crippen LogP contribution in [-0.2, 0) is 0 Å². The summed E-state index contributed by atoms with van der Waals surface area (Å²) in [6, 6.07) is 17.8. The molecule has 1 aliphatic rings. The highest BCUT2D eigenvalue weighted by Gasteiger charge is 2.35. The van der Waals surface area contributed by atoms with Gasteiger partial charge >= 0.3 is 0 Å². The van der Waals surface area contributed by atoms with Crippen LogP contribution in [-0.4, -0.2) is 24.0 Å². The Morgan fingerprint density at radius 1 is 1.05 bits per heavy atom. The summed E-state index contributed by atoms with van der Waals surface area (Å²) in [5, 5.41) is 11.9. The standard InChI is InChI=1S/C18H17NO2/c20-11-10-19-12-16-17(13-6-2-1-3-7-13)14-8-4-5-9-15(14)18(16)21/h1-9,12,17,19-20H,10-11H2/b16-12+. The van der Waals surface area contributed by atoms with Gasteiger partial charge in [-0.15, -0.1) is 0 Å². The Balaban J connectivity index is 2.07. The van der Waals surface area contributed by atoms with Crippen LogP contribution >= 0.6 is 0 Å². The molecule has 0 saturated heterocycles. The lowest BCUT2D eigenvalue weighted by Gasteiger charge is -2.13. The molecule has 0 aromatic heterocycles. The predicted octanol–water partition coefficient (Wildman–Crippen LogP) is 2.48. The van der Waals surface area contributed by atoms with E-state index >= 15 is 0 Å². The van der Waals surface area contributed by atoms with E-state index in [-0.39, 0.29) is 18.3 Å². The fraction of sp³-hybridized carbons (Fsp3) is 0.167. The number of aliphatic hydroxyl groups excluding tert-OH is 1. The van der Waals surface area contributed by atoms with Crippen LogP contribution < -0.4 is 5.32 Å². The maximum atomic E-state index is 12.6. The van der Waals surface area contributed by atoms with Crippen molar-refractivity contribution in [2.45, 2.75) is 5.92 Å². The SMILES string of the molecule is O=C1/C(=C/NCCO)C(c2ccccc2)c2ccccc21. The largest absolute Gasteiger partial charge is 0.395 e. The molecule has 1 atom stereocenters. The Bertz CT molecular complexity index is 677. The van der Waals surface area contributed by atoms with Crippen LogP contribution in [0.15, 0.2) is 66.4 Å². The normalized spacial score (nSPS) is 18.8. The number of Topliss-reactive ketones (excluding diaryl/α,β-unsaturated/α-hetero) is 1. The van der Waals surface area contributed by atoms with E-state index in [0.717, 1.165) is 22.3 Å². The van der Waals surface area contributed by atoms with Gasteiger partial charge in [0.1, 0.15) is 0 Å². The monoisotopic (exact) mass is 279 g/mol. The maximum Gasteiger partial charge on any atom is 0.191 e. The number of nitrogens with one attached hydrogen (secondary N) is 1. The number of carbonyl (C=O) groups is 1. The van der Waals surface area contributed by atoms with Gasteiger partial charge in [-0.2, -0.15) is 0 Å². The summed E-state index contributed by atoms with van der Waals surface area (Å²) in [6.07, 6.45) is 1.75. The third-order valence-corrected chi connectivity index (χ3v) is 3.74. The molecule has 0 spiro atoms. The lowest BCUT2D eigenvalue weighted by Crippen LogP contribution is -2.14. The van der Waals surface area contributed by atoms with Crippen LogP contribution in [0.25, 0.3) is 0 Å². The van der Waals surface area contributed by atoms with Crippen LogP contribution in [0.2, 0.25) is 0 Å². The molecule has 106 valence electrons. The summed E-state index contributed by atoms with van der Waals surface area (Å²) in [7, 11) is 0. The number of hydrogen-bond donors (Lipinski definition) is 2. The van der Waals surface area contributed by atoms with Gasteiger partial charge in [0.05, 0.1) is 6.61 Å². The third kappa shape index (κ3) is 2.48. The molecule has 1 aliphatic carbocycles. The molecule has 2 aromatic rings. The molecule has 1 unspecified atom stereocenters. The van der Waals surface area contributed by atoms with Gasteiger partial charge in [-0.3, -0.25) is 4.79 Å². The lowest BCUT2D eigenvalue weighted by molar-refractivity contribution is 0.103. The zero-order valence-corrected chi connectivity index (χ0v) is 11.6. The van der Waals surface area contributed by atoms with Crippen molar-refractivity contribution in [3.8, 4) is 0 Å². The topological polar surface area (TPSA) is 49.3 Å². The van der Waals surface area contributed by atoms with Crippen molar-refractivity contribution in [3.05, 3.63) is 83.1 Å². The number of hydrogen-bond acceptors (Lipinski definition) is 3. The van der Waals surface area contributed by atoms with E-state index in [1.54, 1.807) is 6.20 Å². The molecule has 0 heterocycles. The first kappa shape index (κ1) is 13.6. The van der Waals surface area contributed by atoms with Crippen molar-refractivity contribution in [1.29, 1.82) is 0 Å². The molecular weight excluding hydrogens is 262 g/mol. The molecule has 0 radical (unpaired) electrons. The van der Waals surface area contributed by atoms with Gasteiger partial charge in [0.2, 0.25) is 0 Å². The number of carbonyl (C=O) groups excluding carboxylic acids is 1. The van der Waals surface area contributed by atoms with Crippen LogP contribution in [0.4, 0.5) is 0 Å². The maximum absolute atomic E-state index is 12.6. The highest BCUT2D eigenvalue weighted by Crippen LogP contribution is 2.41. The Kier molecular flexibility index (Phi) is 3.84. The van der Waals surface area contributed by atoms with Crippen LogP contribution in [0.3, 0.4) is 0 Å². The van der Waals surface area contributed by atoms with Crippen molar-refractivity contribution in [1.82, 2.24) is 5.32 Å². The highest BCUT2D eigenvalue weighted by atomic mass is 16.3. The summed E-state index contributed by atoms with van der Waals surface area (Å²) >= 11 is 0. The van der Waals surface area contributed by atoms with Crippen molar-refractivity contribution in [3.63, 3.8) is 0 Å². The summed E-state index contributed by atoms with van der Waals surface area (Å²) in [4.78, 5) is 12.6. The number of fused-ring (bicyclic) bond motifs is 1. The van der Waals surface area contributed by atoms with Crippen molar-refractivity contribution < 1.29 is 9.90 Å². The van der Waals surface area contributed by atoms with Crippen molar-refractivity contribution >= 4 is 5.78 Å². The van der Waals surface area contributed by atoms with Gasteiger partial charge in [-0.05, 0) is 11.1 Å². The lowest BCUT2D eigenvalue weighted by atomic mass is 9.90. The van der Waals surface area contributed by atoms with E-state index in [9.17, 15) is 4.79 Å². The summed E-state index contributed by atoms with van der Waals surface area (Å²) in [5.74, 6) is 0.0194. The van der Waals surface area contributed by atoms with Crippen molar-refractivity contribution in [2.75, 3.05) is 13.2 Å². The van der Waals surface area contributed by atoms with E-state index in [1.807, 2.05) is 54.6 Å². The average molecular weight is 279 g/mol. The number of allylic oxidation sites excluding steroid dienone is 1. The number of rotatable bonds is 4. The minimum atomic E-state index is -0.0407. The quantitative estimate of drug-likeness (QED) is 0.668. The van der Waals surface area contributed by atoms with Crippen molar-refractivity contribution in [2.24, 2.45) is 0 Å². The molecule has 0 aliphatic heterocycles. The van der Waals surface area contributed by atoms with E-state index < -0.39 is 0 Å². The third-order valence-electron chi connectivity index (χ3n) is 3.74. The van der Waals surface area contributed by atoms with Crippen LogP contribution in [0.5, 0.6) is 0 Å². The fourth-order valence-electron chi connectivity index (χ4n) is 2.81. The average Bonchev–Trinajstić information content (AvgIpc) is 2.82. The van der Waals surface area contributed by atoms with Gasteiger partial charge < -0.3 is 10.4 Å². The number of ketones is 1. The molecule has 3 nitrogen and oxygen atoms in total. The molecule has 0 bridgehead atoms. The first-order chi connectivity index (χ1) is 10.3. The number of aliphatic hydroxyl groups is 1. The van der Waals surface area contributed by atoms with Gasteiger partial charge in [0.25, 0.3) is 0 Å². The molecule has 3 rings (SSSR count). The first-order valence-electron chi connectivity index (χ1n) is 7.06. The molecule has 0 saturated carbocycles. The summed E-state index contributed by atoms with van der Waals surface area (Å²) in [6.45, 7) is 0.482.